The van der Waals surface area contributed by atoms with Crippen LogP contribution in [-0.2, 0) is 6.18 Å². The van der Waals surface area contributed by atoms with Crippen molar-refractivity contribution in [2.45, 2.75) is 13.1 Å². The summed E-state index contributed by atoms with van der Waals surface area (Å²) in [5.74, 6) is -0.726. The number of carbonyl (C=O) groups excluding carboxylic acids is 1. The predicted octanol–water partition coefficient (Wildman–Crippen LogP) is 3.54. The summed E-state index contributed by atoms with van der Waals surface area (Å²) in [4.78, 5) is 11.1. The lowest BCUT2D eigenvalue weighted by molar-refractivity contribution is -0.137. The Morgan fingerprint density at radius 3 is 2.38 bits per heavy atom. The molecular weight excluding hydrogens is 287 g/mol. The zero-order chi connectivity index (χ0) is 12.5. The first-order valence-electron chi connectivity index (χ1n) is 4.09. The van der Waals surface area contributed by atoms with Crippen molar-refractivity contribution in [2.75, 3.05) is 0 Å². The second kappa shape index (κ2) is 4.26. The molecule has 0 amide bonds. The van der Waals surface area contributed by atoms with E-state index in [2.05, 4.69) is 15.9 Å². The van der Waals surface area contributed by atoms with Crippen molar-refractivity contribution in [3.8, 4) is 6.07 Å². The number of hydrogen-bond donors (Lipinski definition) is 0. The maximum Gasteiger partial charge on any atom is 0.417 e. The molecule has 0 saturated carbocycles. The van der Waals surface area contributed by atoms with Crippen LogP contribution in [0, 0.1) is 11.3 Å². The van der Waals surface area contributed by atoms with Gasteiger partial charge < -0.3 is 0 Å². The number of ketones is 1. The van der Waals surface area contributed by atoms with E-state index >= 15 is 0 Å². The topological polar surface area (TPSA) is 40.9 Å². The first-order valence-corrected chi connectivity index (χ1v) is 4.88. The highest BCUT2D eigenvalue weighted by atomic mass is 79.9. The Bertz CT molecular complexity index is 488. The first kappa shape index (κ1) is 12.7. The zero-order valence-corrected chi connectivity index (χ0v) is 9.61. The summed E-state index contributed by atoms with van der Waals surface area (Å²) in [5, 5.41) is 8.65. The van der Waals surface area contributed by atoms with Gasteiger partial charge in [0, 0.05) is 10.0 Å². The van der Waals surface area contributed by atoms with E-state index in [-0.39, 0.29) is 10.0 Å². The quantitative estimate of drug-likeness (QED) is 0.743. The molecule has 0 bridgehead atoms. The number of hydrogen-bond acceptors (Lipinski definition) is 2. The van der Waals surface area contributed by atoms with Crippen molar-refractivity contribution in [3.63, 3.8) is 0 Å². The van der Waals surface area contributed by atoms with Crippen LogP contribution in [0.4, 0.5) is 13.2 Å². The van der Waals surface area contributed by atoms with Crippen LogP contribution in [-0.4, -0.2) is 5.78 Å². The maximum atomic E-state index is 12.6. The monoisotopic (exact) mass is 291 g/mol. The number of benzene rings is 1. The smallest absolute Gasteiger partial charge is 0.294 e. The fraction of sp³-hybridized carbons (Fsp3) is 0.200. The van der Waals surface area contributed by atoms with Gasteiger partial charge in [0.1, 0.15) is 6.07 Å². The SMILES string of the molecule is CC(=O)c1cc(C#N)c(Br)cc1C(F)(F)F. The third-order valence-corrected chi connectivity index (χ3v) is 2.57. The lowest BCUT2D eigenvalue weighted by Gasteiger charge is -2.12. The number of alkyl halides is 3. The highest BCUT2D eigenvalue weighted by Crippen LogP contribution is 2.35. The average molecular weight is 292 g/mol. The third-order valence-electron chi connectivity index (χ3n) is 1.91. The normalized spacial score (nSPS) is 11.0. The summed E-state index contributed by atoms with van der Waals surface area (Å²) in [6.07, 6.45) is -4.61. The number of halogens is 4. The van der Waals surface area contributed by atoms with Gasteiger partial charge in [-0.15, -0.1) is 0 Å². The van der Waals surface area contributed by atoms with Crippen LogP contribution in [0.25, 0.3) is 0 Å². The molecule has 0 atom stereocenters. The lowest BCUT2D eigenvalue weighted by Crippen LogP contribution is -2.12. The molecule has 0 fully saturated rings. The van der Waals surface area contributed by atoms with Gasteiger partial charge in [-0.2, -0.15) is 18.4 Å². The number of rotatable bonds is 1. The van der Waals surface area contributed by atoms with Crippen molar-refractivity contribution in [2.24, 2.45) is 0 Å². The Labute approximate surface area is 97.8 Å². The average Bonchev–Trinajstić information content (AvgIpc) is 2.15. The molecule has 0 aliphatic rings. The van der Waals surface area contributed by atoms with Gasteiger partial charge in [-0.25, -0.2) is 0 Å². The van der Waals surface area contributed by atoms with Gasteiger partial charge in [0.25, 0.3) is 0 Å². The predicted molar refractivity (Wildman–Crippen MR) is 53.9 cm³/mol. The summed E-state index contributed by atoms with van der Waals surface area (Å²) in [6.45, 7) is 1.03. The fourth-order valence-electron chi connectivity index (χ4n) is 1.18. The van der Waals surface area contributed by atoms with Crippen molar-refractivity contribution in [3.05, 3.63) is 33.3 Å². The van der Waals surface area contributed by atoms with Crippen molar-refractivity contribution < 1.29 is 18.0 Å². The van der Waals surface area contributed by atoms with Gasteiger partial charge in [0.05, 0.1) is 11.1 Å². The van der Waals surface area contributed by atoms with Crippen LogP contribution >= 0.6 is 15.9 Å². The first-order chi connectivity index (χ1) is 7.27. The number of nitrogens with zero attached hydrogens (tertiary/aromatic N) is 1. The van der Waals surface area contributed by atoms with Crippen LogP contribution in [0.2, 0.25) is 0 Å². The van der Waals surface area contributed by atoms with Crippen molar-refractivity contribution in [1.29, 1.82) is 5.26 Å². The number of Topliss-reactive ketones (excluding diaryl/α,β-unsaturated/α-hetero) is 1. The maximum absolute atomic E-state index is 12.6. The second-order valence-electron chi connectivity index (χ2n) is 3.04. The Kier molecular flexibility index (Phi) is 3.38. The zero-order valence-electron chi connectivity index (χ0n) is 8.02. The summed E-state index contributed by atoms with van der Waals surface area (Å²) in [6, 6.07) is 3.39. The van der Waals surface area contributed by atoms with Crippen LogP contribution in [0.5, 0.6) is 0 Å². The van der Waals surface area contributed by atoms with Crippen LogP contribution < -0.4 is 0 Å². The Morgan fingerprint density at radius 2 is 2.00 bits per heavy atom. The highest BCUT2D eigenvalue weighted by molar-refractivity contribution is 9.10. The standard InChI is InChI=1S/C10H5BrF3NO/c1-5(16)7-2-6(4-15)9(11)3-8(7)10(12,13)14/h2-3H,1H3. The molecular formula is C10H5BrF3NO. The van der Waals surface area contributed by atoms with E-state index in [0.717, 1.165) is 19.1 Å². The van der Waals surface area contributed by atoms with Crippen LogP contribution in [0.3, 0.4) is 0 Å². The molecule has 0 saturated heterocycles. The van der Waals surface area contributed by atoms with E-state index in [1.165, 1.54) is 0 Å². The Hall–Kier alpha value is -1.35. The summed E-state index contributed by atoms with van der Waals surface area (Å²) in [5.41, 5.74) is -1.53. The van der Waals surface area contributed by atoms with Crippen LogP contribution in [0.1, 0.15) is 28.4 Å². The molecule has 0 aromatic heterocycles. The van der Waals surface area contributed by atoms with E-state index in [0.29, 0.717) is 0 Å². The minimum atomic E-state index is -4.61. The molecule has 0 aliphatic heterocycles. The largest absolute Gasteiger partial charge is 0.417 e. The van der Waals surface area contributed by atoms with E-state index in [9.17, 15) is 18.0 Å². The molecule has 16 heavy (non-hydrogen) atoms. The summed E-state index contributed by atoms with van der Waals surface area (Å²) < 4.78 is 37.7. The Morgan fingerprint density at radius 1 is 1.44 bits per heavy atom. The Balaban J connectivity index is 3.57. The summed E-state index contributed by atoms with van der Waals surface area (Å²) in [7, 11) is 0. The molecule has 0 aliphatic carbocycles. The molecule has 2 nitrogen and oxygen atoms in total. The highest BCUT2D eigenvalue weighted by Gasteiger charge is 2.35. The van der Waals surface area contributed by atoms with E-state index in [1.54, 1.807) is 6.07 Å². The van der Waals surface area contributed by atoms with E-state index in [4.69, 9.17) is 5.26 Å². The molecule has 1 aromatic rings. The molecule has 6 heteroatoms. The van der Waals surface area contributed by atoms with Gasteiger partial charge in [0.15, 0.2) is 5.78 Å². The van der Waals surface area contributed by atoms with Crippen LogP contribution in [0.15, 0.2) is 16.6 Å². The minimum absolute atomic E-state index is 0.00167. The fourth-order valence-corrected chi connectivity index (χ4v) is 1.62. The second-order valence-corrected chi connectivity index (χ2v) is 3.90. The lowest BCUT2D eigenvalue weighted by atomic mass is 10.0. The molecule has 84 valence electrons. The molecule has 0 unspecified atom stereocenters. The van der Waals surface area contributed by atoms with Crippen molar-refractivity contribution >= 4 is 21.7 Å². The molecule has 0 radical (unpaired) electrons. The third kappa shape index (κ3) is 2.42. The summed E-state index contributed by atoms with van der Waals surface area (Å²) >= 11 is 2.85. The van der Waals surface area contributed by atoms with Gasteiger partial charge in [-0.1, -0.05) is 0 Å². The minimum Gasteiger partial charge on any atom is -0.294 e. The molecule has 0 spiro atoms. The molecule has 0 N–H and O–H groups in total. The number of carbonyl (C=O) groups is 1. The van der Waals surface area contributed by atoms with E-state index < -0.39 is 23.1 Å². The molecule has 1 rings (SSSR count). The van der Waals surface area contributed by atoms with Crippen molar-refractivity contribution in [1.82, 2.24) is 0 Å². The molecule has 1 aromatic carbocycles. The van der Waals surface area contributed by atoms with Gasteiger partial charge >= 0.3 is 6.18 Å². The van der Waals surface area contributed by atoms with Gasteiger partial charge in [0.2, 0.25) is 0 Å². The molecule has 0 heterocycles. The number of nitriles is 1. The van der Waals surface area contributed by atoms with Gasteiger partial charge in [-0.3, -0.25) is 4.79 Å². The van der Waals surface area contributed by atoms with Gasteiger partial charge in [-0.05, 0) is 35.0 Å². The van der Waals surface area contributed by atoms with E-state index in [1.807, 2.05) is 0 Å².